The van der Waals surface area contributed by atoms with Crippen LogP contribution in [0.5, 0.6) is 0 Å². The number of carbonyl (C=O) groups excluding carboxylic acids is 1. The zero-order chi connectivity index (χ0) is 20.0. The Hall–Kier alpha value is -3.61. The van der Waals surface area contributed by atoms with Crippen LogP contribution in [0.4, 0.5) is 10.1 Å². The first-order chi connectivity index (χ1) is 14.1. The molecule has 0 atom stereocenters. The first kappa shape index (κ1) is 17.5. The third-order valence-corrected chi connectivity index (χ3v) is 5.28. The second-order valence-electron chi connectivity index (χ2n) is 7.15. The number of halogens is 1. The first-order valence-electron chi connectivity index (χ1n) is 9.49. The normalized spacial score (nSPS) is 13.5. The summed E-state index contributed by atoms with van der Waals surface area (Å²) in [7, 11) is 0. The van der Waals surface area contributed by atoms with Gasteiger partial charge in [-0.2, -0.15) is 14.6 Å². The van der Waals surface area contributed by atoms with E-state index in [9.17, 15) is 9.18 Å². The molecule has 0 saturated heterocycles. The number of nitrogens with zero attached hydrogens (tertiary/aromatic N) is 5. The molecule has 0 saturated carbocycles. The summed E-state index contributed by atoms with van der Waals surface area (Å²) in [4.78, 5) is 24.1. The van der Waals surface area contributed by atoms with Gasteiger partial charge in [0.2, 0.25) is 0 Å². The van der Waals surface area contributed by atoms with Gasteiger partial charge in [-0.25, -0.2) is 9.37 Å². The van der Waals surface area contributed by atoms with E-state index in [-0.39, 0.29) is 11.7 Å². The summed E-state index contributed by atoms with van der Waals surface area (Å²) in [5.41, 5.74) is 4.85. The van der Waals surface area contributed by atoms with E-state index in [2.05, 4.69) is 21.1 Å². The number of hydrogen-bond donors (Lipinski definition) is 0. The Morgan fingerprint density at radius 3 is 2.79 bits per heavy atom. The maximum absolute atomic E-state index is 13.6. The van der Waals surface area contributed by atoms with E-state index in [1.165, 1.54) is 28.5 Å². The molecule has 0 fully saturated rings. The zero-order valence-corrected chi connectivity index (χ0v) is 15.8. The average molecular weight is 387 g/mol. The standard InChI is InChI=1S/C22H18FN5O/c1-14-4-2-5-16-6-3-11-27(20(14)16)21(29)19-12-18(15-7-9-17(23)10-8-15)26-22-24-13-25-28(19)22/h2,4-5,7-10,12-13H,3,6,11H2,1H3. The van der Waals surface area contributed by atoms with Gasteiger partial charge < -0.3 is 4.90 Å². The first-order valence-corrected chi connectivity index (χ1v) is 9.49. The SMILES string of the molecule is Cc1cccc2c1N(C(=O)c1cc(-c3ccc(F)cc3)nc3ncnn13)CCC2. The van der Waals surface area contributed by atoms with E-state index in [1.807, 2.05) is 24.0 Å². The van der Waals surface area contributed by atoms with Crippen LogP contribution in [0.1, 0.15) is 28.0 Å². The Morgan fingerprint density at radius 2 is 1.97 bits per heavy atom. The second kappa shape index (κ2) is 6.77. The number of aromatic nitrogens is 4. The van der Waals surface area contributed by atoms with Crippen LogP contribution in [0.3, 0.4) is 0 Å². The summed E-state index contributed by atoms with van der Waals surface area (Å²) in [6.07, 6.45) is 3.23. The summed E-state index contributed by atoms with van der Waals surface area (Å²) in [5, 5.41) is 4.20. The monoisotopic (exact) mass is 387 g/mol. The van der Waals surface area contributed by atoms with Gasteiger partial charge in [-0.15, -0.1) is 0 Å². The van der Waals surface area contributed by atoms with E-state index in [1.54, 1.807) is 18.2 Å². The van der Waals surface area contributed by atoms with E-state index in [0.29, 0.717) is 29.3 Å². The van der Waals surface area contributed by atoms with Crippen LogP contribution in [-0.2, 0) is 6.42 Å². The van der Waals surface area contributed by atoms with Crippen LogP contribution in [0.2, 0.25) is 0 Å². The molecule has 0 radical (unpaired) electrons. The Bertz CT molecular complexity index is 1230. The smallest absolute Gasteiger partial charge is 0.277 e. The highest BCUT2D eigenvalue weighted by atomic mass is 19.1. The fraction of sp³-hybridized carbons (Fsp3) is 0.182. The third kappa shape index (κ3) is 2.95. The molecule has 2 aromatic heterocycles. The molecule has 1 aliphatic rings. The highest BCUT2D eigenvalue weighted by Crippen LogP contribution is 2.32. The maximum Gasteiger partial charge on any atom is 0.277 e. The number of hydrogen-bond acceptors (Lipinski definition) is 4. The highest BCUT2D eigenvalue weighted by molar-refractivity contribution is 6.06. The molecule has 29 heavy (non-hydrogen) atoms. The van der Waals surface area contributed by atoms with Crippen molar-refractivity contribution in [3.8, 4) is 11.3 Å². The number of amides is 1. The van der Waals surface area contributed by atoms with E-state index in [0.717, 1.165) is 24.1 Å². The van der Waals surface area contributed by atoms with Gasteiger partial charge >= 0.3 is 0 Å². The zero-order valence-electron chi connectivity index (χ0n) is 15.8. The van der Waals surface area contributed by atoms with E-state index in [4.69, 9.17) is 0 Å². The average Bonchev–Trinajstić information content (AvgIpc) is 3.22. The van der Waals surface area contributed by atoms with Gasteiger partial charge in [0.1, 0.15) is 17.8 Å². The quantitative estimate of drug-likeness (QED) is 0.524. The molecule has 144 valence electrons. The lowest BCUT2D eigenvalue weighted by Crippen LogP contribution is -2.37. The maximum atomic E-state index is 13.6. The molecule has 0 unspecified atom stereocenters. The van der Waals surface area contributed by atoms with Gasteiger partial charge in [-0.3, -0.25) is 4.79 Å². The largest absolute Gasteiger partial charge is 0.306 e. The summed E-state index contributed by atoms with van der Waals surface area (Å²) >= 11 is 0. The molecule has 6 nitrogen and oxygen atoms in total. The molecule has 0 bridgehead atoms. The molecule has 7 heteroatoms. The molecule has 1 aliphatic heterocycles. The molecular weight excluding hydrogens is 369 g/mol. The van der Waals surface area contributed by atoms with Crippen LogP contribution < -0.4 is 4.90 Å². The molecule has 0 aliphatic carbocycles. The molecule has 4 aromatic rings. The van der Waals surface area contributed by atoms with Crippen LogP contribution in [0.25, 0.3) is 17.0 Å². The molecule has 1 amide bonds. The van der Waals surface area contributed by atoms with Crippen molar-refractivity contribution in [2.24, 2.45) is 0 Å². The minimum absolute atomic E-state index is 0.151. The van der Waals surface area contributed by atoms with Crippen molar-refractivity contribution in [1.29, 1.82) is 0 Å². The molecule has 5 rings (SSSR count). The predicted octanol–water partition coefficient (Wildman–Crippen LogP) is 3.83. The van der Waals surface area contributed by atoms with E-state index >= 15 is 0 Å². The van der Waals surface area contributed by atoms with Crippen LogP contribution in [0, 0.1) is 12.7 Å². The van der Waals surface area contributed by atoms with Crippen molar-refractivity contribution in [1.82, 2.24) is 19.6 Å². The molecule has 0 spiro atoms. The number of para-hydroxylation sites is 1. The van der Waals surface area contributed by atoms with Crippen molar-refractivity contribution in [3.63, 3.8) is 0 Å². The number of rotatable bonds is 2. The predicted molar refractivity (Wildman–Crippen MR) is 107 cm³/mol. The van der Waals surface area contributed by atoms with Gasteiger partial charge in [-0.05, 0) is 61.2 Å². The van der Waals surface area contributed by atoms with E-state index < -0.39 is 0 Å². The second-order valence-corrected chi connectivity index (χ2v) is 7.15. The number of fused-ring (bicyclic) bond motifs is 2. The Balaban J connectivity index is 1.65. The minimum Gasteiger partial charge on any atom is -0.306 e. The van der Waals surface area contributed by atoms with Crippen LogP contribution >= 0.6 is 0 Å². The van der Waals surface area contributed by atoms with Gasteiger partial charge in [0.15, 0.2) is 0 Å². The lowest BCUT2D eigenvalue weighted by atomic mass is 9.98. The number of benzene rings is 2. The van der Waals surface area contributed by atoms with Crippen LogP contribution in [-0.4, -0.2) is 32.0 Å². The summed E-state index contributed by atoms with van der Waals surface area (Å²) in [5.74, 6) is -0.146. The Morgan fingerprint density at radius 1 is 1.14 bits per heavy atom. The lowest BCUT2D eigenvalue weighted by Gasteiger charge is -2.31. The molecule has 3 heterocycles. The number of anilines is 1. The lowest BCUT2D eigenvalue weighted by molar-refractivity contribution is 0.0977. The van der Waals surface area contributed by atoms with Crippen molar-refractivity contribution in [2.75, 3.05) is 11.4 Å². The van der Waals surface area contributed by atoms with Crippen molar-refractivity contribution < 1.29 is 9.18 Å². The topological polar surface area (TPSA) is 63.4 Å². The van der Waals surface area contributed by atoms with Crippen molar-refractivity contribution in [2.45, 2.75) is 19.8 Å². The third-order valence-electron chi connectivity index (χ3n) is 5.28. The Labute approximate surface area is 166 Å². The summed E-state index contributed by atoms with van der Waals surface area (Å²) in [6, 6.07) is 13.8. The van der Waals surface area contributed by atoms with Crippen molar-refractivity contribution in [3.05, 3.63) is 77.5 Å². The molecule has 0 N–H and O–H groups in total. The van der Waals surface area contributed by atoms with Crippen LogP contribution in [0.15, 0.2) is 54.9 Å². The number of aryl methyl sites for hydroxylation is 2. The fourth-order valence-electron chi connectivity index (χ4n) is 3.92. The van der Waals surface area contributed by atoms with Gasteiger partial charge in [0.25, 0.3) is 11.7 Å². The van der Waals surface area contributed by atoms with Gasteiger partial charge in [-0.1, -0.05) is 18.2 Å². The van der Waals surface area contributed by atoms with Crippen molar-refractivity contribution >= 4 is 17.4 Å². The fourth-order valence-corrected chi connectivity index (χ4v) is 3.92. The molecule has 2 aromatic carbocycles. The summed E-state index contributed by atoms with van der Waals surface area (Å²) < 4.78 is 14.8. The minimum atomic E-state index is -0.325. The highest BCUT2D eigenvalue weighted by Gasteiger charge is 2.27. The Kier molecular flexibility index (Phi) is 4.08. The van der Waals surface area contributed by atoms with Gasteiger partial charge in [0, 0.05) is 12.1 Å². The summed E-state index contributed by atoms with van der Waals surface area (Å²) in [6.45, 7) is 2.66. The number of carbonyl (C=O) groups is 1. The van der Waals surface area contributed by atoms with Gasteiger partial charge in [0.05, 0.1) is 11.4 Å². The molecular formula is C22H18FN5O.